The third kappa shape index (κ3) is 3.88. The minimum absolute atomic E-state index is 0.201. The normalized spacial score (nSPS) is 12.8. The number of aryl methyl sites for hydroxylation is 1. The van der Waals surface area contributed by atoms with Crippen LogP contribution in [0.25, 0.3) is 0 Å². The molecule has 78 valence electrons. The van der Waals surface area contributed by atoms with Crippen molar-refractivity contribution in [1.29, 1.82) is 0 Å². The van der Waals surface area contributed by atoms with Crippen LogP contribution in [0.15, 0.2) is 24.3 Å². The Morgan fingerprint density at radius 3 is 2.79 bits per heavy atom. The second kappa shape index (κ2) is 5.76. The van der Waals surface area contributed by atoms with Crippen molar-refractivity contribution in [2.75, 3.05) is 0 Å². The fourth-order valence-corrected chi connectivity index (χ4v) is 1.50. The Kier molecular flexibility index (Phi) is 4.60. The van der Waals surface area contributed by atoms with Gasteiger partial charge in [0.15, 0.2) is 0 Å². The first-order chi connectivity index (χ1) is 6.72. The maximum atomic E-state index is 12.8. The lowest BCUT2D eigenvalue weighted by atomic mass is 10.0. The van der Waals surface area contributed by atoms with Gasteiger partial charge in [-0.1, -0.05) is 25.5 Å². The zero-order chi connectivity index (χ0) is 10.4. The number of hydrogen-bond donors (Lipinski definition) is 1. The van der Waals surface area contributed by atoms with E-state index in [0.29, 0.717) is 0 Å². The van der Waals surface area contributed by atoms with Gasteiger partial charge >= 0.3 is 0 Å². The molecule has 0 saturated carbocycles. The summed E-state index contributed by atoms with van der Waals surface area (Å²) in [7, 11) is 0. The smallest absolute Gasteiger partial charge is 0.123 e. The largest absolute Gasteiger partial charge is 0.393 e. The molecule has 1 aromatic carbocycles. The van der Waals surface area contributed by atoms with Crippen molar-refractivity contribution in [3.63, 3.8) is 0 Å². The van der Waals surface area contributed by atoms with Crippen LogP contribution >= 0.6 is 0 Å². The lowest BCUT2D eigenvalue weighted by molar-refractivity contribution is 0.154. The van der Waals surface area contributed by atoms with E-state index in [1.54, 1.807) is 6.07 Å². The maximum absolute atomic E-state index is 12.8. The van der Waals surface area contributed by atoms with Crippen LogP contribution in [0.5, 0.6) is 0 Å². The predicted molar refractivity (Wildman–Crippen MR) is 55.6 cm³/mol. The molecule has 1 atom stereocenters. The lowest BCUT2D eigenvalue weighted by Gasteiger charge is -2.08. The Balaban J connectivity index is 2.37. The highest BCUT2D eigenvalue weighted by molar-refractivity contribution is 5.16. The Bertz CT molecular complexity index is 273. The minimum Gasteiger partial charge on any atom is -0.393 e. The molecule has 1 unspecified atom stereocenters. The molecule has 0 saturated heterocycles. The molecule has 1 N–H and O–H groups in total. The second-order valence-corrected chi connectivity index (χ2v) is 3.61. The van der Waals surface area contributed by atoms with Crippen molar-refractivity contribution < 1.29 is 9.50 Å². The average molecular weight is 196 g/mol. The van der Waals surface area contributed by atoms with Gasteiger partial charge in [-0.05, 0) is 37.0 Å². The molecule has 0 spiro atoms. The van der Waals surface area contributed by atoms with Gasteiger partial charge in [-0.25, -0.2) is 4.39 Å². The highest BCUT2D eigenvalue weighted by atomic mass is 19.1. The van der Waals surface area contributed by atoms with Crippen molar-refractivity contribution in [2.45, 2.75) is 38.7 Å². The summed E-state index contributed by atoms with van der Waals surface area (Å²) < 4.78 is 12.8. The van der Waals surface area contributed by atoms with E-state index in [0.717, 1.165) is 31.2 Å². The molecule has 0 amide bonds. The summed E-state index contributed by atoms with van der Waals surface area (Å²) in [5, 5.41) is 9.49. The van der Waals surface area contributed by atoms with Crippen LogP contribution in [0.2, 0.25) is 0 Å². The molecule has 1 rings (SSSR count). The number of rotatable bonds is 5. The summed E-state index contributed by atoms with van der Waals surface area (Å²) in [6.45, 7) is 2.05. The Morgan fingerprint density at radius 2 is 2.14 bits per heavy atom. The third-order valence-corrected chi connectivity index (χ3v) is 2.28. The average Bonchev–Trinajstić information content (AvgIpc) is 2.15. The Hall–Kier alpha value is -0.890. The standard InChI is InChI=1S/C12H17FO/c1-2-4-12(14)8-7-10-5-3-6-11(13)9-10/h3,5-6,9,12,14H,2,4,7-8H2,1H3. The first kappa shape index (κ1) is 11.2. The van der Waals surface area contributed by atoms with Gasteiger partial charge in [0.25, 0.3) is 0 Å². The summed E-state index contributed by atoms with van der Waals surface area (Å²) in [6, 6.07) is 6.56. The molecular weight excluding hydrogens is 179 g/mol. The van der Waals surface area contributed by atoms with Gasteiger partial charge in [0, 0.05) is 0 Å². The predicted octanol–water partition coefficient (Wildman–Crippen LogP) is 2.92. The van der Waals surface area contributed by atoms with Gasteiger partial charge in [0.2, 0.25) is 0 Å². The van der Waals surface area contributed by atoms with Crippen LogP contribution < -0.4 is 0 Å². The van der Waals surface area contributed by atoms with Crippen LogP contribution in [0.4, 0.5) is 4.39 Å². The van der Waals surface area contributed by atoms with Gasteiger partial charge in [0.1, 0.15) is 5.82 Å². The van der Waals surface area contributed by atoms with Crippen LogP contribution in [0.3, 0.4) is 0 Å². The molecular formula is C12H17FO. The minimum atomic E-state index is -0.247. The molecule has 1 nitrogen and oxygen atoms in total. The van der Waals surface area contributed by atoms with E-state index in [4.69, 9.17) is 0 Å². The quantitative estimate of drug-likeness (QED) is 0.767. The highest BCUT2D eigenvalue weighted by Gasteiger charge is 2.03. The fraction of sp³-hybridized carbons (Fsp3) is 0.500. The summed E-state index contributed by atoms with van der Waals surface area (Å²) >= 11 is 0. The number of halogens is 1. The van der Waals surface area contributed by atoms with E-state index in [1.807, 2.05) is 13.0 Å². The number of aliphatic hydroxyl groups is 1. The van der Waals surface area contributed by atoms with Gasteiger partial charge in [-0.2, -0.15) is 0 Å². The monoisotopic (exact) mass is 196 g/mol. The Morgan fingerprint density at radius 1 is 1.36 bits per heavy atom. The summed E-state index contributed by atoms with van der Waals surface area (Å²) in [5.41, 5.74) is 0.958. The SMILES string of the molecule is CCCC(O)CCc1cccc(F)c1. The van der Waals surface area contributed by atoms with Gasteiger partial charge in [0.05, 0.1) is 6.10 Å². The van der Waals surface area contributed by atoms with Crippen molar-refractivity contribution in [3.8, 4) is 0 Å². The van der Waals surface area contributed by atoms with E-state index in [9.17, 15) is 9.50 Å². The maximum Gasteiger partial charge on any atom is 0.123 e. The molecule has 0 fully saturated rings. The van der Waals surface area contributed by atoms with Crippen LogP contribution in [-0.4, -0.2) is 11.2 Å². The summed E-state index contributed by atoms with van der Waals surface area (Å²) in [5.74, 6) is -0.201. The molecule has 0 heterocycles. The van der Waals surface area contributed by atoms with E-state index in [1.165, 1.54) is 12.1 Å². The van der Waals surface area contributed by atoms with Crippen LogP contribution in [0, 0.1) is 5.82 Å². The summed E-state index contributed by atoms with van der Waals surface area (Å²) in [4.78, 5) is 0. The van der Waals surface area contributed by atoms with E-state index >= 15 is 0 Å². The second-order valence-electron chi connectivity index (χ2n) is 3.61. The van der Waals surface area contributed by atoms with Crippen LogP contribution in [0.1, 0.15) is 31.7 Å². The topological polar surface area (TPSA) is 20.2 Å². The zero-order valence-electron chi connectivity index (χ0n) is 8.54. The molecule has 2 heteroatoms. The Labute approximate surface area is 84.6 Å². The summed E-state index contributed by atoms with van der Waals surface area (Å²) in [6.07, 6.45) is 3.04. The van der Waals surface area contributed by atoms with E-state index in [2.05, 4.69) is 0 Å². The number of hydrogen-bond acceptors (Lipinski definition) is 1. The first-order valence-corrected chi connectivity index (χ1v) is 5.15. The fourth-order valence-electron chi connectivity index (χ4n) is 1.50. The van der Waals surface area contributed by atoms with Gasteiger partial charge in [-0.3, -0.25) is 0 Å². The lowest BCUT2D eigenvalue weighted by Crippen LogP contribution is -2.07. The third-order valence-electron chi connectivity index (χ3n) is 2.28. The van der Waals surface area contributed by atoms with E-state index in [-0.39, 0.29) is 11.9 Å². The van der Waals surface area contributed by atoms with Crippen LogP contribution in [-0.2, 0) is 6.42 Å². The number of aliphatic hydroxyl groups excluding tert-OH is 1. The molecule has 0 aromatic heterocycles. The van der Waals surface area contributed by atoms with Gasteiger partial charge < -0.3 is 5.11 Å². The van der Waals surface area contributed by atoms with Gasteiger partial charge in [-0.15, -0.1) is 0 Å². The van der Waals surface area contributed by atoms with E-state index < -0.39 is 0 Å². The molecule has 0 aliphatic carbocycles. The number of benzene rings is 1. The van der Waals surface area contributed by atoms with Crippen molar-refractivity contribution >= 4 is 0 Å². The zero-order valence-corrected chi connectivity index (χ0v) is 8.54. The molecule has 14 heavy (non-hydrogen) atoms. The van der Waals surface area contributed by atoms with Crippen molar-refractivity contribution in [3.05, 3.63) is 35.6 Å². The molecule has 0 bridgehead atoms. The molecule has 0 aliphatic rings. The molecule has 1 aromatic rings. The molecule has 0 aliphatic heterocycles. The highest BCUT2D eigenvalue weighted by Crippen LogP contribution is 2.09. The molecule has 0 radical (unpaired) electrons. The van der Waals surface area contributed by atoms with Crippen molar-refractivity contribution in [2.24, 2.45) is 0 Å². The first-order valence-electron chi connectivity index (χ1n) is 5.15. The van der Waals surface area contributed by atoms with Crippen molar-refractivity contribution in [1.82, 2.24) is 0 Å².